The molecule has 0 fully saturated rings. The quantitative estimate of drug-likeness (QED) is 0.581. The largest absolute Gasteiger partial charge is 0.549 e. The van der Waals surface area contributed by atoms with Gasteiger partial charge >= 0.3 is 0 Å². The normalized spacial score (nSPS) is 19.8. The van der Waals surface area contributed by atoms with Crippen molar-refractivity contribution in [2.45, 2.75) is 16.8 Å². The minimum atomic E-state index is -1.09. The number of thioether (sulfide) groups is 1. The number of carbonyl (C=O) groups excluding carboxylic acids is 1. The van der Waals surface area contributed by atoms with Gasteiger partial charge in [0.05, 0.1) is 5.97 Å². The van der Waals surface area contributed by atoms with Crippen LogP contribution in [0.15, 0.2) is 23.4 Å². The first-order valence-electron chi connectivity index (χ1n) is 3.77. The van der Waals surface area contributed by atoms with E-state index in [0.717, 1.165) is 11.8 Å². The fraction of sp³-hybridized carbons (Fsp3) is 0.250. The Morgan fingerprint density at radius 1 is 1.77 bits per heavy atom. The molecule has 5 heteroatoms. The SMILES string of the molecule is O=C([O-])C1C[n+]2cccc(O)c2S1. The van der Waals surface area contributed by atoms with Crippen LogP contribution in [0.2, 0.25) is 0 Å². The minimum Gasteiger partial charge on any atom is -0.549 e. The lowest BCUT2D eigenvalue weighted by atomic mass is 10.4. The Bertz CT molecular complexity index is 366. The monoisotopic (exact) mass is 197 g/mol. The lowest BCUT2D eigenvalue weighted by molar-refractivity contribution is -0.725. The number of carboxylic acids is 1. The summed E-state index contributed by atoms with van der Waals surface area (Å²) in [5.41, 5.74) is 0. The van der Waals surface area contributed by atoms with E-state index in [1.165, 1.54) is 6.07 Å². The first-order chi connectivity index (χ1) is 6.18. The first kappa shape index (κ1) is 8.37. The van der Waals surface area contributed by atoms with Gasteiger partial charge in [-0.2, -0.15) is 4.57 Å². The fourth-order valence-corrected chi connectivity index (χ4v) is 2.33. The summed E-state index contributed by atoms with van der Waals surface area (Å²) in [6.07, 6.45) is 1.74. The second kappa shape index (κ2) is 2.92. The zero-order valence-corrected chi connectivity index (χ0v) is 7.45. The summed E-state index contributed by atoms with van der Waals surface area (Å²) < 4.78 is 1.71. The summed E-state index contributed by atoms with van der Waals surface area (Å²) in [6.45, 7) is 0.358. The molecule has 1 aromatic rings. The van der Waals surface area contributed by atoms with Crippen molar-refractivity contribution in [1.29, 1.82) is 0 Å². The number of nitrogens with zero attached hydrogens (tertiary/aromatic N) is 1. The fourth-order valence-electron chi connectivity index (χ4n) is 1.27. The Hall–Kier alpha value is -1.23. The van der Waals surface area contributed by atoms with Gasteiger partial charge in [-0.1, -0.05) is 0 Å². The Morgan fingerprint density at radius 2 is 2.54 bits per heavy atom. The average Bonchev–Trinajstić information content (AvgIpc) is 2.49. The maximum atomic E-state index is 10.6. The molecule has 0 spiro atoms. The molecule has 1 N–H and O–H groups in total. The Morgan fingerprint density at radius 3 is 3.15 bits per heavy atom. The van der Waals surface area contributed by atoms with E-state index in [4.69, 9.17) is 0 Å². The third-order valence-electron chi connectivity index (χ3n) is 1.88. The van der Waals surface area contributed by atoms with Crippen LogP contribution in [0, 0.1) is 0 Å². The van der Waals surface area contributed by atoms with Gasteiger partial charge < -0.3 is 15.0 Å². The van der Waals surface area contributed by atoms with Crippen molar-refractivity contribution in [2.24, 2.45) is 0 Å². The highest BCUT2D eigenvalue weighted by molar-refractivity contribution is 8.00. The van der Waals surface area contributed by atoms with Gasteiger partial charge in [-0.3, -0.25) is 0 Å². The predicted octanol–water partition coefficient (Wildman–Crippen LogP) is -1.10. The molecule has 1 aromatic heterocycles. The summed E-state index contributed by atoms with van der Waals surface area (Å²) in [5, 5.41) is 19.9. The van der Waals surface area contributed by atoms with E-state index in [1.54, 1.807) is 16.8 Å². The van der Waals surface area contributed by atoms with Gasteiger partial charge in [0.25, 0.3) is 5.03 Å². The Kier molecular flexibility index (Phi) is 1.88. The highest BCUT2D eigenvalue weighted by Crippen LogP contribution is 2.32. The van der Waals surface area contributed by atoms with Crippen molar-refractivity contribution in [3.63, 3.8) is 0 Å². The van der Waals surface area contributed by atoms with E-state index < -0.39 is 11.2 Å². The molecule has 1 aliphatic rings. The maximum Gasteiger partial charge on any atom is 0.283 e. The van der Waals surface area contributed by atoms with Crippen LogP contribution in [0.1, 0.15) is 0 Å². The zero-order valence-electron chi connectivity index (χ0n) is 6.64. The molecular formula is C8H7NO3S. The van der Waals surface area contributed by atoms with Gasteiger partial charge in [0, 0.05) is 6.07 Å². The van der Waals surface area contributed by atoms with E-state index >= 15 is 0 Å². The number of hydrogen-bond donors (Lipinski definition) is 1. The molecule has 0 saturated carbocycles. The Labute approximate surface area is 78.8 Å². The van der Waals surface area contributed by atoms with Crippen molar-refractivity contribution in [3.8, 4) is 5.75 Å². The molecule has 68 valence electrons. The standard InChI is InChI=1S/C8H7NO3S/c10-5-2-1-3-9-4-6(8(11)12)13-7(5)9/h1-3,6H,4H2,(H-,10,11,12). The minimum absolute atomic E-state index is 0.122. The number of aromatic hydroxyl groups is 1. The molecule has 0 radical (unpaired) electrons. The van der Waals surface area contributed by atoms with Crippen LogP contribution in [0.5, 0.6) is 5.75 Å². The second-order valence-electron chi connectivity index (χ2n) is 2.78. The van der Waals surface area contributed by atoms with E-state index in [9.17, 15) is 15.0 Å². The summed E-state index contributed by atoms with van der Waals surface area (Å²) in [7, 11) is 0. The Balaban J connectivity index is 2.35. The molecule has 0 aliphatic carbocycles. The third-order valence-corrected chi connectivity index (χ3v) is 3.17. The molecule has 0 aromatic carbocycles. The smallest absolute Gasteiger partial charge is 0.283 e. The van der Waals surface area contributed by atoms with Crippen molar-refractivity contribution >= 4 is 17.7 Å². The summed E-state index contributed by atoms with van der Waals surface area (Å²) >= 11 is 1.12. The average molecular weight is 197 g/mol. The van der Waals surface area contributed by atoms with E-state index in [0.29, 0.717) is 11.6 Å². The van der Waals surface area contributed by atoms with Gasteiger partial charge in [0.15, 0.2) is 18.5 Å². The third kappa shape index (κ3) is 1.35. The predicted molar refractivity (Wildman–Crippen MR) is 43.0 cm³/mol. The second-order valence-corrected chi connectivity index (χ2v) is 3.97. The molecular weight excluding hydrogens is 190 g/mol. The van der Waals surface area contributed by atoms with Gasteiger partial charge in [-0.25, -0.2) is 0 Å². The highest BCUT2D eigenvalue weighted by Gasteiger charge is 2.32. The van der Waals surface area contributed by atoms with Gasteiger partial charge in [0.1, 0.15) is 5.25 Å². The molecule has 13 heavy (non-hydrogen) atoms. The van der Waals surface area contributed by atoms with E-state index in [2.05, 4.69) is 0 Å². The molecule has 2 heterocycles. The van der Waals surface area contributed by atoms with Crippen LogP contribution in [0.3, 0.4) is 0 Å². The molecule has 2 rings (SSSR count). The summed E-state index contributed by atoms with van der Waals surface area (Å²) in [4.78, 5) is 10.6. The molecule has 0 bridgehead atoms. The van der Waals surface area contributed by atoms with Crippen molar-refractivity contribution in [3.05, 3.63) is 18.3 Å². The summed E-state index contributed by atoms with van der Waals surface area (Å²) in [5.74, 6) is -0.968. The van der Waals surface area contributed by atoms with Crippen LogP contribution in [0.4, 0.5) is 0 Å². The van der Waals surface area contributed by atoms with Crippen LogP contribution in [-0.4, -0.2) is 16.3 Å². The molecule has 1 aliphatic heterocycles. The number of aliphatic carboxylic acids is 1. The van der Waals surface area contributed by atoms with Gasteiger partial charge in [0.2, 0.25) is 0 Å². The maximum absolute atomic E-state index is 10.6. The number of rotatable bonds is 1. The molecule has 4 nitrogen and oxygen atoms in total. The van der Waals surface area contributed by atoms with Crippen LogP contribution in [-0.2, 0) is 11.3 Å². The van der Waals surface area contributed by atoms with Crippen LogP contribution < -0.4 is 9.67 Å². The lowest BCUT2D eigenvalue weighted by Crippen LogP contribution is -2.41. The highest BCUT2D eigenvalue weighted by atomic mass is 32.2. The number of carboxylic acid groups (broad SMARTS) is 1. The van der Waals surface area contributed by atoms with Crippen molar-refractivity contribution in [1.82, 2.24) is 0 Å². The number of carbonyl (C=O) groups is 1. The summed E-state index contributed by atoms with van der Waals surface area (Å²) in [6, 6.07) is 3.22. The van der Waals surface area contributed by atoms with Gasteiger partial charge in [-0.15, -0.1) is 0 Å². The number of fused-ring (bicyclic) bond motifs is 1. The molecule has 0 saturated heterocycles. The lowest BCUT2D eigenvalue weighted by Gasteiger charge is -2.02. The van der Waals surface area contributed by atoms with Crippen molar-refractivity contribution in [2.75, 3.05) is 0 Å². The van der Waals surface area contributed by atoms with E-state index in [1.807, 2.05) is 0 Å². The zero-order chi connectivity index (χ0) is 9.42. The number of pyridine rings is 1. The topological polar surface area (TPSA) is 64.2 Å². The van der Waals surface area contributed by atoms with Crippen molar-refractivity contribution < 1.29 is 19.6 Å². The van der Waals surface area contributed by atoms with E-state index in [-0.39, 0.29) is 5.75 Å². The first-order valence-corrected chi connectivity index (χ1v) is 4.65. The van der Waals surface area contributed by atoms with Crippen LogP contribution >= 0.6 is 11.8 Å². The number of hydrogen-bond acceptors (Lipinski definition) is 4. The van der Waals surface area contributed by atoms with Gasteiger partial charge in [-0.05, 0) is 17.8 Å². The molecule has 0 amide bonds. The van der Waals surface area contributed by atoms with Crippen LogP contribution in [0.25, 0.3) is 0 Å². The molecule has 1 atom stereocenters. The molecule has 1 unspecified atom stereocenters. The number of aromatic nitrogens is 1.